The lowest BCUT2D eigenvalue weighted by molar-refractivity contribution is 0.0976. The monoisotopic (exact) mass is 262 g/mol. The van der Waals surface area contributed by atoms with E-state index in [1.54, 1.807) is 0 Å². The van der Waals surface area contributed by atoms with Crippen LogP contribution < -0.4 is 5.73 Å². The summed E-state index contributed by atoms with van der Waals surface area (Å²) in [7, 11) is 0. The maximum absolute atomic E-state index is 8.13. The summed E-state index contributed by atoms with van der Waals surface area (Å²) in [6.45, 7) is 1.55. The van der Waals surface area contributed by atoms with Gasteiger partial charge in [-0.25, -0.2) is 15.0 Å². The molecule has 3 N–H and O–H groups in total. The molecule has 6 heteroatoms. The van der Waals surface area contributed by atoms with Crippen LogP contribution in [0.3, 0.4) is 0 Å². The number of aliphatic hydroxyl groups excluding tert-OH is 1. The maximum atomic E-state index is 8.13. The van der Waals surface area contributed by atoms with Crippen molar-refractivity contribution in [2.24, 2.45) is 5.73 Å². The van der Waals surface area contributed by atoms with Gasteiger partial charge in [0.05, 0.1) is 19.8 Å². The summed E-state index contributed by atoms with van der Waals surface area (Å²) in [5, 5.41) is 8.13. The van der Waals surface area contributed by atoms with Crippen molar-refractivity contribution in [3.05, 3.63) is 43.0 Å². The topological polar surface area (TPSA) is 94.2 Å². The van der Waals surface area contributed by atoms with Crippen molar-refractivity contribution in [1.29, 1.82) is 0 Å². The average Bonchev–Trinajstić information content (AvgIpc) is 2.50. The molecule has 0 spiro atoms. The normalized spacial score (nSPS) is 9.58. The Morgan fingerprint density at radius 2 is 1.74 bits per heavy atom. The van der Waals surface area contributed by atoms with Crippen LogP contribution in [-0.2, 0) is 4.74 Å². The number of ether oxygens (including phenoxy) is 1. The van der Waals surface area contributed by atoms with Crippen LogP contribution in [0.4, 0.5) is 0 Å². The smallest absolute Gasteiger partial charge is 0.162 e. The fourth-order valence-electron chi connectivity index (χ4n) is 1.23. The predicted molar refractivity (Wildman–Crippen MR) is 72.2 cm³/mol. The van der Waals surface area contributed by atoms with Crippen molar-refractivity contribution < 1.29 is 9.84 Å². The molecular weight excluding hydrogens is 244 g/mol. The first-order valence-electron chi connectivity index (χ1n) is 5.94. The number of rotatable bonds is 5. The Morgan fingerprint density at radius 1 is 1.05 bits per heavy atom. The van der Waals surface area contributed by atoms with Gasteiger partial charge in [0.25, 0.3) is 0 Å². The van der Waals surface area contributed by atoms with Crippen molar-refractivity contribution >= 4 is 0 Å². The van der Waals surface area contributed by atoms with E-state index < -0.39 is 0 Å². The summed E-state index contributed by atoms with van der Waals surface area (Å²) in [6, 6.07) is 9.81. The molecule has 2 rings (SSSR count). The fraction of sp³-hybridized carbons (Fsp3) is 0.308. The predicted octanol–water partition coefficient (Wildman–Crippen LogP) is 0.493. The number of nitrogens with zero attached hydrogens (tertiary/aromatic N) is 3. The molecule has 0 bridgehead atoms. The molecule has 6 nitrogen and oxygen atoms in total. The van der Waals surface area contributed by atoms with Crippen LogP contribution in [0.1, 0.15) is 0 Å². The Labute approximate surface area is 112 Å². The molecule has 0 saturated carbocycles. The number of nitrogens with two attached hydrogens (primary N) is 1. The number of hydrogen-bond donors (Lipinski definition) is 2. The van der Waals surface area contributed by atoms with Crippen molar-refractivity contribution in [3.8, 4) is 11.4 Å². The minimum atomic E-state index is 0.0833. The molecule has 0 radical (unpaired) electrons. The molecule has 0 fully saturated rings. The number of aliphatic hydroxyl groups is 1. The third-order valence-corrected chi connectivity index (χ3v) is 2.02. The van der Waals surface area contributed by atoms with Crippen molar-refractivity contribution in [1.82, 2.24) is 15.0 Å². The van der Waals surface area contributed by atoms with Gasteiger partial charge in [0.2, 0.25) is 0 Å². The number of hydrogen-bond acceptors (Lipinski definition) is 6. The van der Waals surface area contributed by atoms with Gasteiger partial charge in [-0.05, 0) is 0 Å². The third kappa shape index (κ3) is 6.56. The van der Waals surface area contributed by atoms with E-state index in [0.717, 1.165) is 5.56 Å². The van der Waals surface area contributed by atoms with Crippen LogP contribution in [-0.4, -0.2) is 46.4 Å². The summed E-state index contributed by atoms with van der Waals surface area (Å²) in [4.78, 5) is 11.8. The molecule has 1 heterocycles. The Hall–Kier alpha value is -1.89. The largest absolute Gasteiger partial charge is 0.394 e. The van der Waals surface area contributed by atoms with E-state index in [0.29, 0.717) is 25.6 Å². The first-order chi connectivity index (χ1) is 9.38. The molecule has 1 aromatic heterocycles. The van der Waals surface area contributed by atoms with Gasteiger partial charge in [0, 0.05) is 12.1 Å². The molecule has 102 valence electrons. The molecule has 0 saturated heterocycles. The van der Waals surface area contributed by atoms with Gasteiger partial charge in [-0.1, -0.05) is 30.3 Å². The molecular formula is C13H18N4O2. The van der Waals surface area contributed by atoms with Gasteiger partial charge in [-0.15, -0.1) is 0 Å². The molecule has 2 aromatic rings. The van der Waals surface area contributed by atoms with Crippen LogP contribution in [0.5, 0.6) is 0 Å². The van der Waals surface area contributed by atoms with Crippen LogP contribution >= 0.6 is 0 Å². The highest BCUT2D eigenvalue weighted by atomic mass is 16.5. The zero-order valence-corrected chi connectivity index (χ0v) is 10.6. The highest BCUT2D eigenvalue weighted by Crippen LogP contribution is 2.10. The molecule has 0 aliphatic heterocycles. The standard InChI is InChI=1S/C9H7N3.C4H11NO2/c1-2-4-8(5-3-1)9-11-6-10-7-12-9;5-1-3-7-4-2-6/h1-7H;6H,1-5H2. The number of benzene rings is 1. The Balaban J connectivity index is 0.000000224. The third-order valence-electron chi connectivity index (χ3n) is 2.02. The molecule has 0 aliphatic carbocycles. The van der Waals surface area contributed by atoms with Gasteiger partial charge in [0.1, 0.15) is 12.7 Å². The SMILES string of the molecule is NCCOCCO.c1ccc(-c2ncncn2)cc1. The summed E-state index contributed by atoms with van der Waals surface area (Å²) >= 11 is 0. The van der Waals surface area contributed by atoms with Crippen LogP contribution in [0.25, 0.3) is 11.4 Å². The lowest BCUT2D eigenvalue weighted by Crippen LogP contribution is -2.10. The van der Waals surface area contributed by atoms with E-state index in [2.05, 4.69) is 15.0 Å². The van der Waals surface area contributed by atoms with Gasteiger partial charge >= 0.3 is 0 Å². The van der Waals surface area contributed by atoms with E-state index in [9.17, 15) is 0 Å². The minimum Gasteiger partial charge on any atom is -0.394 e. The molecule has 0 unspecified atom stereocenters. The van der Waals surface area contributed by atoms with E-state index in [1.165, 1.54) is 12.7 Å². The van der Waals surface area contributed by atoms with Gasteiger partial charge in [0.15, 0.2) is 5.82 Å². The maximum Gasteiger partial charge on any atom is 0.162 e. The lowest BCUT2D eigenvalue weighted by atomic mass is 10.2. The summed E-state index contributed by atoms with van der Waals surface area (Å²) in [5.41, 5.74) is 6.08. The van der Waals surface area contributed by atoms with E-state index >= 15 is 0 Å². The van der Waals surface area contributed by atoms with Gasteiger partial charge in [-0.2, -0.15) is 0 Å². The average molecular weight is 262 g/mol. The first-order valence-corrected chi connectivity index (χ1v) is 5.94. The highest BCUT2D eigenvalue weighted by Gasteiger charge is 1.95. The number of aromatic nitrogens is 3. The molecule has 19 heavy (non-hydrogen) atoms. The quantitative estimate of drug-likeness (QED) is 0.762. The van der Waals surface area contributed by atoms with Crippen LogP contribution in [0, 0.1) is 0 Å². The zero-order valence-electron chi connectivity index (χ0n) is 10.6. The lowest BCUT2D eigenvalue weighted by Gasteiger charge is -1.95. The van der Waals surface area contributed by atoms with Crippen LogP contribution in [0.15, 0.2) is 43.0 Å². The minimum absolute atomic E-state index is 0.0833. The van der Waals surface area contributed by atoms with Crippen molar-refractivity contribution in [2.45, 2.75) is 0 Å². The summed E-state index contributed by atoms with van der Waals surface area (Å²) < 4.78 is 4.76. The Kier molecular flexibility index (Phi) is 8.04. The second-order valence-electron chi connectivity index (χ2n) is 3.45. The van der Waals surface area contributed by atoms with E-state index in [-0.39, 0.29) is 6.61 Å². The van der Waals surface area contributed by atoms with Crippen molar-refractivity contribution in [2.75, 3.05) is 26.4 Å². The van der Waals surface area contributed by atoms with E-state index in [1.807, 2.05) is 30.3 Å². The second kappa shape index (κ2) is 10.1. The Morgan fingerprint density at radius 3 is 2.32 bits per heavy atom. The van der Waals surface area contributed by atoms with Crippen LogP contribution in [0.2, 0.25) is 0 Å². The first kappa shape index (κ1) is 15.2. The summed E-state index contributed by atoms with van der Waals surface area (Å²) in [5.74, 6) is 0.714. The van der Waals surface area contributed by atoms with Gasteiger partial charge in [-0.3, -0.25) is 0 Å². The highest BCUT2D eigenvalue weighted by molar-refractivity contribution is 5.53. The Bertz CT molecular complexity index is 384. The second-order valence-corrected chi connectivity index (χ2v) is 3.45. The van der Waals surface area contributed by atoms with E-state index in [4.69, 9.17) is 15.6 Å². The zero-order chi connectivity index (χ0) is 13.8. The fourth-order valence-corrected chi connectivity index (χ4v) is 1.23. The molecule has 0 atom stereocenters. The van der Waals surface area contributed by atoms with Gasteiger partial charge < -0.3 is 15.6 Å². The summed E-state index contributed by atoms with van der Waals surface area (Å²) in [6.07, 6.45) is 2.99. The molecule has 0 aliphatic rings. The molecule has 0 amide bonds. The van der Waals surface area contributed by atoms with Crippen molar-refractivity contribution in [3.63, 3.8) is 0 Å². The molecule has 1 aromatic carbocycles.